The van der Waals surface area contributed by atoms with Gasteiger partial charge in [0.05, 0.1) is 18.6 Å². The van der Waals surface area contributed by atoms with Crippen LogP contribution in [0.3, 0.4) is 0 Å². The van der Waals surface area contributed by atoms with E-state index < -0.39 is 0 Å². The molecule has 0 amide bonds. The standard InChI is InChI=1S/C26H27N3O3S/c1-17(2)15-32-21-11-9-20(10-12-21)29-24-22-18(3)23(33-25(22)28-16-27-24)26(30)31-14-13-19-7-5-4-6-8-19/h4-12,16-17H,13-15H2,1-3H3,(H,27,28,29). The van der Waals surface area contributed by atoms with Gasteiger partial charge in [0, 0.05) is 12.1 Å². The average molecular weight is 462 g/mol. The van der Waals surface area contributed by atoms with Gasteiger partial charge < -0.3 is 14.8 Å². The van der Waals surface area contributed by atoms with E-state index in [0.29, 0.717) is 36.2 Å². The first-order valence-electron chi connectivity index (χ1n) is 11.0. The summed E-state index contributed by atoms with van der Waals surface area (Å²) in [6.07, 6.45) is 2.19. The van der Waals surface area contributed by atoms with Crippen molar-refractivity contribution < 1.29 is 14.3 Å². The second-order valence-electron chi connectivity index (χ2n) is 8.18. The molecule has 0 saturated heterocycles. The number of rotatable bonds is 9. The quantitative estimate of drug-likeness (QED) is 0.300. The Morgan fingerprint density at radius 3 is 2.55 bits per heavy atom. The third kappa shape index (κ3) is 5.68. The second kappa shape index (κ2) is 10.4. The molecule has 0 aliphatic rings. The van der Waals surface area contributed by atoms with Crippen molar-refractivity contribution in [2.24, 2.45) is 5.92 Å². The highest BCUT2D eigenvalue weighted by molar-refractivity contribution is 7.20. The zero-order valence-electron chi connectivity index (χ0n) is 19.0. The molecule has 2 aromatic carbocycles. The van der Waals surface area contributed by atoms with Crippen LogP contribution in [0, 0.1) is 12.8 Å². The molecule has 0 aliphatic carbocycles. The van der Waals surface area contributed by atoms with Crippen molar-refractivity contribution in [2.75, 3.05) is 18.5 Å². The maximum Gasteiger partial charge on any atom is 0.348 e. The Morgan fingerprint density at radius 2 is 1.82 bits per heavy atom. The van der Waals surface area contributed by atoms with Crippen molar-refractivity contribution in [3.05, 3.63) is 76.9 Å². The second-order valence-corrected chi connectivity index (χ2v) is 9.18. The zero-order chi connectivity index (χ0) is 23.2. The SMILES string of the molecule is Cc1c(C(=O)OCCc2ccccc2)sc2ncnc(Nc3ccc(OCC(C)C)cc3)c12. The summed E-state index contributed by atoms with van der Waals surface area (Å²) in [5, 5.41) is 4.18. The van der Waals surface area contributed by atoms with E-state index in [1.54, 1.807) is 0 Å². The number of benzene rings is 2. The predicted octanol–water partition coefficient (Wildman–Crippen LogP) is 6.18. The molecule has 7 heteroatoms. The first kappa shape index (κ1) is 22.7. The minimum absolute atomic E-state index is 0.330. The van der Waals surface area contributed by atoms with Crippen LogP contribution < -0.4 is 10.1 Å². The molecule has 170 valence electrons. The Labute approximate surface area is 197 Å². The molecule has 2 aromatic heterocycles. The van der Waals surface area contributed by atoms with Crippen molar-refractivity contribution in [2.45, 2.75) is 27.2 Å². The maximum atomic E-state index is 12.7. The van der Waals surface area contributed by atoms with Crippen molar-refractivity contribution in [3.63, 3.8) is 0 Å². The Hall–Kier alpha value is -3.45. The van der Waals surface area contributed by atoms with Crippen LogP contribution in [0.4, 0.5) is 11.5 Å². The lowest BCUT2D eigenvalue weighted by Gasteiger charge is -2.10. The molecule has 0 unspecified atom stereocenters. The van der Waals surface area contributed by atoms with Gasteiger partial charge in [-0.3, -0.25) is 0 Å². The van der Waals surface area contributed by atoms with E-state index in [4.69, 9.17) is 9.47 Å². The molecule has 6 nitrogen and oxygen atoms in total. The normalized spacial score (nSPS) is 11.0. The highest BCUT2D eigenvalue weighted by atomic mass is 32.1. The lowest BCUT2D eigenvalue weighted by Crippen LogP contribution is -2.07. The number of hydrogen-bond acceptors (Lipinski definition) is 7. The number of nitrogens with zero attached hydrogens (tertiary/aromatic N) is 2. The maximum absolute atomic E-state index is 12.7. The molecule has 0 spiro atoms. The molecule has 0 aliphatic heterocycles. The molecule has 0 atom stereocenters. The fourth-order valence-electron chi connectivity index (χ4n) is 3.37. The van der Waals surface area contributed by atoms with Gasteiger partial charge in [-0.15, -0.1) is 11.3 Å². The Bertz CT molecular complexity index is 1220. The summed E-state index contributed by atoms with van der Waals surface area (Å²) in [7, 11) is 0. The number of esters is 1. The third-order valence-electron chi connectivity index (χ3n) is 5.08. The monoisotopic (exact) mass is 461 g/mol. The van der Waals surface area contributed by atoms with Crippen molar-refractivity contribution in [3.8, 4) is 5.75 Å². The lowest BCUT2D eigenvalue weighted by atomic mass is 10.2. The molecule has 2 heterocycles. The van der Waals surface area contributed by atoms with Gasteiger partial charge in [-0.2, -0.15) is 0 Å². The Morgan fingerprint density at radius 1 is 1.06 bits per heavy atom. The van der Waals surface area contributed by atoms with Crippen LogP contribution in [0.1, 0.15) is 34.6 Å². The summed E-state index contributed by atoms with van der Waals surface area (Å²) in [4.78, 5) is 22.8. The van der Waals surface area contributed by atoms with E-state index in [-0.39, 0.29) is 5.97 Å². The molecule has 0 fully saturated rings. The molecule has 4 aromatic rings. The van der Waals surface area contributed by atoms with Gasteiger partial charge >= 0.3 is 5.97 Å². The van der Waals surface area contributed by atoms with E-state index in [9.17, 15) is 4.79 Å². The minimum Gasteiger partial charge on any atom is -0.493 e. The Balaban J connectivity index is 1.47. The smallest absolute Gasteiger partial charge is 0.348 e. The first-order chi connectivity index (χ1) is 16.0. The molecular formula is C26H27N3O3S. The number of hydrogen-bond donors (Lipinski definition) is 1. The van der Waals surface area contributed by atoms with E-state index in [1.165, 1.54) is 17.7 Å². The molecule has 0 saturated carbocycles. The number of nitrogens with one attached hydrogen (secondary N) is 1. The average Bonchev–Trinajstić information content (AvgIpc) is 3.17. The number of carbonyl (C=O) groups excluding carboxylic acids is 1. The highest BCUT2D eigenvalue weighted by Gasteiger charge is 2.20. The topological polar surface area (TPSA) is 73.3 Å². The molecule has 4 rings (SSSR count). The van der Waals surface area contributed by atoms with Crippen LogP contribution in [0.5, 0.6) is 5.75 Å². The van der Waals surface area contributed by atoms with E-state index in [2.05, 4.69) is 29.1 Å². The van der Waals surface area contributed by atoms with Crippen LogP contribution >= 0.6 is 11.3 Å². The molecule has 33 heavy (non-hydrogen) atoms. The number of aryl methyl sites for hydroxylation is 1. The van der Waals surface area contributed by atoms with Crippen molar-refractivity contribution in [1.29, 1.82) is 0 Å². The molecular weight excluding hydrogens is 434 g/mol. The summed E-state index contributed by atoms with van der Waals surface area (Å²) >= 11 is 1.33. The van der Waals surface area contributed by atoms with Crippen LogP contribution in [-0.4, -0.2) is 29.2 Å². The molecule has 0 radical (unpaired) electrons. The largest absolute Gasteiger partial charge is 0.493 e. The first-order valence-corrected chi connectivity index (χ1v) is 11.8. The van der Waals surface area contributed by atoms with Crippen LogP contribution in [-0.2, 0) is 11.2 Å². The van der Waals surface area contributed by atoms with Crippen LogP contribution in [0.15, 0.2) is 60.9 Å². The summed E-state index contributed by atoms with van der Waals surface area (Å²) in [5.74, 6) is 1.63. The Kier molecular flexibility index (Phi) is 7.19. The van der Waals surface area contributed by atoms with Gasteiger partial charge in [0.1, 0.15) is 27.6 Å². The summed E-state index contributed by atoms with van der Waals surface area (Å²) in [5.41, 5.74) is 2.83. The predicted molar refractivity (Wildman–Crippen MR) is 133 cm³/mol. The van der Waals surface area contributed by atoms with Gasteiger partial charge in [0.2, 0.25) is 0 Å². The number of fused-ring (bicyclic) bond motifs is 1. The van der Waals surface area contributed by atoms with Crippen molar-refractivity contribution in [1.82, 2.24) is 9.97 Å². The summed E-state index contributed by atoms with van der Waals surface area (Å²) in [6.45, 7) is 7.15. The van der Waals surface area contributed by atoms with Gasteiger partial charge in [-0.25, -0.2) is 14.8 Å². The van der Waals surface area contributed by atoms with Gasteiger partial charge in [-0.1, -0.05) is 44.2 Å². The number of ether oxygens (including phenoxy) is 2. The molecule has 1 N–H and O–H groups in total. The number of carbonyl (C=O) groups is 1. The summed E-state index contributed by atoms with van der Waals surface area (Å²) in [6, 6.07) is 17.7. The van der Waals surface area contributed by atoms with Gasteiger partial charge in [0.25, 0.3) is 0 Å². The van der Waals surface area contributed by atoms with Crippen molar-refractivity contribution >= 4 is 39.0 Å². The minimum atomic E-state index is -0.330. The number of thiophene rings is 1. The van der Waals surface area contributed by atoms with Gasteiger partial charge in [-0.05, 0) is 48.2 Å². The van der Waals surface area contributed by atoms with Crippen LogP contribution in [0.25, 0.3) is 10.2 Å². The highest BCUT2D eigenvalue weighted by Crippen LogP contribution is 2.35. The van der Waals surface area contributed by atoms with E-state index in [0.717, 1.165) is 32.8 Å². The number of aromatic nitrogens is 2. The van der Waals surface area contributed by atoms with E-state index >= 15 is 0 Å². The lowest BCUT2D eigenvalue weighted by molar-refractivity contribution is 0.0514. The van der Waals surface area contributed by atoms with Gasteiger partial charge in [0.15, 0.2) is 0 Å². The summed E-state index contributed by atoms with van der Waals surface area (Å²) < 4.78 is 11.3. The molecule has 0 bridgehead atoms. The number of anilines is 2. The fourth-order valence-corrected chi connectivity index (χ4v) is 4.41. The third-order valence-corrected chi connectivity index (χ3v) is 6.26. The van der Waals surface area contributed by atoms with E-state index in [1.807, 2.05) is 61.5 Å². The fraction of sp³-hybridized carbons (Fsp3) is 0.269. The zero-order valence-corrected chi connectivity index (χ0v) is 19.8. The van der Waals surface area contributed by atoms with Crippen LogP contribution in [0.2, 0.25) is 0 Å².